The molecule has 0 saturated heterocycles. The van der Waals surface area contributed by atoms with Gasteiger partial charge in [-0.2, -0.15) is 0 Å². The molecular formula is C19H22N2O3. The van der Waals surface area contributed by atoms with Gasteiger partial charge in [-0.1, -0.05) is 12.1 Å². The Morgan fingerprint density at radius 1 is 1.08 bits per heavy atom. The van der Waals surface area contributed by atoms with E-state index in [2.05, 4.69) is 4.98 Å². The summed E-state index contributed by atoms with van der Waals surface area (Å²) in [6, 6.07) is 9.02. The Morgan fingerprint density at radius 3 is 2.12 bits per heavy atom. The zero-order valence-electron chi connectivity index (χ0n) is 14.5. The minimum absolute atomic E-state index is 0.00750. The Bertz CT molecular complexity index is 740. The summed E-state index contributed by atoms with van der Waals surface area (Å²) in [6.45, 7) is 8.71. The number of benzene rings is 1. The molecule has 0 fully saturated rings. The van der Waals surface area contributed by atoms with E-state index in [9.17, 15) is 14.7 Å². The molecule has 0 spiro atoms. The summed E-state index contributed by atoms with van der Waals surface area (Å²) >= 11 is 0. The number of hydrogen-bond acceptors (Lipinski definition) is 3. The maximum Gasteiger partial charge on any atom is 0.337 e. The van der Waals surface area contributed by atoms with Crippen LogP contribution in [0, 0.1) is 13.8 Å². The number of hydrogen-bond donors (Lipinski definition) is 1. The number of aryl methyl sites for hydroxylation is 2. The van der Waals surface area contributed by atoms with Gasteiger partial charge in [0.2, 0.25) is 0 Å². The van der Waals surface area contributed by atoms with Gasteiger partial charge in [0, 0.05) is 24.2 Å². The molecule has 1 aromatic carbocycles. The monoisotopic (exact) mass is 326 g/mol. The van der Waals surface area contributed by atoms with Crippen molar-refractivity contribution in [3.63, 3.8) is 0 Å². The standard InChI is InChI=1S/C19H22N2O3/c1-5-21(6-2)18(22)15-9-7-14(8-10-15)16-11-12(3)17(19(23)24)13(4)20-16/h7-11H,5-6H2,1-4H3,(H,23,24). The topological polar surface area (TPSA) is 70.5 Å². The number of carbonyl (C=O) groups is 2. The highest BCUT2D eigenvalue weighted by atomic mass is 16.4. The fourth-order valence-corrected chi connectivity index (χ4v) is 2.78. The highest BCUT2D eigenvalue weighted by Crippen LogP contribution is 2.23. The van der Waals surface area contributed by atoms with Gasteiger partial charge < -0.3 is 10.0 Å². The van der Waals surface area contributed by atoms with E-state index in [0.29, 0.717) is 35.6 Å². The minimum Gasteiger partial charge on any atom is -0.478 e. The van der Waals surface area contributed by atoms with Crippen LogP contribution in [0.1, 0.15) is 45.8 Å². The molecule has 5 nitrogen and oxygen atoms in total. The molecule has 0 atom stereocenters. The van der Waals surface area contributed by atoms with Gasteiger partial charge in [0.25, 0.3) is 5.91 Å². The molecule has 1 heterocycles. The van der Waals surface area contributed by atoms with Crippen LogP contribution in [0.5, 0.6) is 0 Å². The summed E-state index contributed by atoms with van der Waals surface area (Å²) in [7, 11) is 0. The summed E-state index contributed by atoms with van der Waals surface area (Å²) in [5.74, 6) is -0.961. The van der Waals surface area contributed by atoms with E-state index >= 15 is 0 Å². The molecular weight excluding hydrogens is 304 g/mol. The van der Waals surface area contributed by atoms with Gasteiger partial charge in [-0.25, -0.2) is 4.79 Å². The lowest BCUT2D eigenvalue weighted by molar-refractivity contribution is 0.0693. The van der Waals surface area contributed by atoms with Gasteiger partial charge in [-0.3, -0.25) is 9.78 Å². The Labute approximate surface area is 142 Å². The number of amides is 1. The van der Waals surface area contributed by atoms with E-state index in [0.717, 1.165) is 5.56 Å². The molecule has 0 aliphatic heterocycles. The van der Waals surface area contributed by atoms with E-state index in [4.69, 9.17) is 0 Å². The van der Waals surface area contributed by atoms with Crippen LogP contribution in [0.4, 0.5) is 0 Å². The molecule has 0 aliphatic rings. The molecule has 1 amide bonds. The average Bonchev–Trinajstić information content (AvgIpc) is 2.55. The summed E-state index contributed by atoms with van der Waals surface area (Å²) in [5, 5.41) is 9.22. The molecule has 0 bridgehead atoms. The molecule has 126 valence electrons. The molecule has 2 rings (SSSR count). The van der Waals surface area contributed by atoms with E-state index in [1.54, 1.807) is 36.9 Å². The molecule has 24 heavy (non-hydrogen) atoms. The predicted octanol–water partition coefficient (Wildman–Crippen LogP) is 3.55. The third-order valence-electron chi connectivity index (χ3n) is 4.09. The molecule has 0 aliphatic carbocycles. The molecule has 1 aromatic heterocycles. The number of aromatic nitrogens is 1. The zero-order chi connectivity index (χ0) is 17.9. The normalized spacial score (nSPS) is 10.5. The fourth-order valence-electron chi connectivity index (χ4n) is 2.78. The summed E-state index contributed by atoms with van der Waals surface area (Å²) in [5.41, 5.74) is 3.60. The largest absolute Gasteiger partial charge is 0.478 e. The van der Waals surface area contributed by atoms with Crippen molar-refractivity contribution >= 4 is 11.9 Å². The first-order valence-corrected chi connectivity index (χ1v) is 8.00. The molecule has 2 aromatic rings. The quantitative estimate of drug-likeness (QED) is 0.912. The Kier molecular flexibility index (Phi) is 5.34. The number of carbonyl (C=O) groups excluding carboxylic acids is 1. The van der Waals surface area contributed by atoms with Crippen molar-refractivity contribution in [2.75, 3.05) is 13.1 Å². The van der Waals surface area contributed by atoms with Crippen molar-refractivity contribution in [2.45, 2.75) is 27.7 Å². The zero-order valence-corrected chi connectivity index (χ0v) is 14.5. The molecule has 0 saturated carbocycles. The Morgan fingerprint density at radius 2 is 1.67 bits per heavy atom. The SMILES string of the molecule is CCN(CC)C(=O)c1ccc(-c2cc(C)c(C(=O)O)c(C)n2)cc1. The number of carboxylic acids is 1. The Hall–Kier alpha value is -2.69. The van der Waals surface area contributed by atoms with Crippen molar-refractivity contribution < 1.29 is 14.7 Å². The van der Waals surface area contributed by atoms with Crippen LogP contribution in [0.2, 0.25) is 0 Å². The van der Waals surface area contributed by atoms with Crippen molar-refractivity contribution in [1.82, 2.24) is 9.88 Å². The highest BCUT2D eigenvalue weighted by Gasteiger charge is 2.15. The van der Waals surface area contributed by atoms with Crippen LogP contribution in [0.25, 0.3) is 11.3 Å². The predicted molar refractivity (Wildman–Crippen MR) is 93.4 cm³/mol. The average molecular weight is 326 g/mol. The molecule has 5 heteroatoms. The minimum atomic E-state index is -0.968. The smallest absolute Gasteiger partial charge is 0.337 e. The van der Waals surface area contributed by atoms with Gasteiger partial charge in [0.1, 0.15) is 0 Å². The van der Waals surface area contributed by atoms with Crippen molar-refractivity contribution in [1.29, 1.82) is 0 Å². The maximum atomic E-state index is 12.3. The van der Waals surface area contributed by atoms with Crippen LogP contribution in [0.3, 0.4) is 0 Å². The molecule has 0 radical (unpaired) electrons. The van der Waals surface area contributed by atoms with Crippen LogP contribution >= 0.6 is 0 Å². The maximum absolute atomic E-state index is 12.3. The Balaban J connectivity index is 2.35. The first kappa shape index (κ1) is 17.7. The van der Waals surface area contributed by atoms with E-state index in [1.807, 2.05) is 26.0 Å². The van der Waals surface area contributed by atoms with Crippen LogP contribution < -0.4 is 0 Å². The van der Waals surface area contributed by atoms with Gasteiger partial charge in [-0.15, -0.1) is 0 Å². The van der Waals surface area contributed by atoms with Crippen molar-refractivity contribution in [3.8, 4) is 11.3 Å². The summed E-state index contributed by atoms with van der Waals surface area (Å²) < 4.78 is 0. The van der Waals surface area contributed by atoms with Crippen molar-refractivity contribution in [2.24, 2.45) is 0 Å². The summed E-state index contributed by atoms with van der Waals surface area (Å²) in [4.78, 5) is 29.7. The van der Waals surface area contributed by atoms with Gasteiger partial charge in [-0.05, 0) is 51.5 Å². The number of pyridine rings is 1. The number of nitrogens with zero attached hydrogens (tertiary/aromatic N) is 2. The fraction of sp³-hybridized carbons (Fsp3) is 0.316. The third kappa shape index (κ3) is 3.45. The number of rotatable bonds is 5. The lowest BCUT2D eigenvalue weighted by Gasteiger charge is -2.18. The van der Waals surface area contributed by atoms with Gasteiger partial charge in [0.15, 0.2) is 0 Å². The highest BCUT2D eigenvalue weighted by molar-refractivity contribution is 5.95. The van der Waals surface area contributed by atoms with E-state index in [1.165, 1.54) is 0 Å². The second-order valence-electron chi connectivity index (χ2n) is 5.64. The van der Waals surface area contributed by atoms with Crippen LogP contribution in [-0.4, -0.2) is 40.0 Å². The second-order valence-corrected chi connectivity index (χ2v) is 5.64. The third-order valence-corrected chi connectivity index (χ3v) is 4.09. The number of aromatic carboxylic acids is 1. The second kappa shape index (κ2) is 7.25. The lowest BCUT2D eigenvalue weighted by Crippen LogP contribution is -2.30. The first-order chi connectivity index (χ1) is 11.4. The van der Waals surface area contributed by atoms with Crippen LogP contribution in [-0.2, 0) is 0 Å². The van der Waals surface area contributed by atoms with Crippen LogP contribution in [0.15, 0.2) is 30.3 Å². The molecule has 1 N–H and O–H groups in total. The first-order valence-electron chi connectivity index (χ1n) is 8.00. The summed E-state index contributed by atoms with van der Waals surface area (Å²) in [6.07, 6.45) is 0. The van der Waals surface area contributed by atoms with E-state index < -0.39 is 5.97 Å². The van der Waals surface area contributed by atoms with E-state index in [-0.39, 0.29) is 11.5 Å². The lowest BCUT2D eigenvalue weighted by atomic mass is 10.0. The van der Waals surface area contributed by atoms with Crippen molar-refractivity contribution in [3.05, 3.63) is 52.7 Å². The van der Waals surface area contributed by atoms with Gasteiger partial charge >= 0.3 is 5.97 Å². The number of carboxylic acid groups (broad SMARTS) is 1. The molecule has 0 unspecified atom stereocenters. The van der Waals surface area contributed by atoms with Gasteiger partial charge in [0.05, 0.1) is 17.0 Å².